The molecule has 0 bridgehead atoms. The third-order valence-electron chi connectivity index (χ3n) is 5.61. The zero-order valence-electron chi connectivity index (χ0n) is 15.5. The molecule has 0 spiro atoms. The van der Waals surface area contributed by atoms with Crippen molar-refractivity contribution in [3.8, 4) is 5.75 Å². The first-order valence-corrected chi connectivity index (χ1v) is 9.41. The van der Waals surface area contributed by atoms with Crippen molar-refractivity contribution in [1.29, 1.82) is 0 Å². The van der Waals surface area contributed by atoms with Crippen LogP contribution in [0.5, 0.6) is 5.75 Å². The number of ether oxygens (including phenoxy) is 1. The molecule has 2 aromatic carbocycles. The second kappa shape index (κ2) is 6.37. The molecule has 0 amide bonds. The standard InChI is InChI=1S/C23H19NO4/c1-27-17-11-4-2-7-13(17)19-20-15(9-6-10-16(20)25)24-22-14-8-3-5-12-18(14)28-23(26)21(19)22/h2-5,7-8,11-12,19,24H,6,9-10H2,1H3. The number of ketones is 1. The van der Waals surface area contributed by atoms with E-state index in [4.69, 9.17) is 9.15 Å². The molecule has 1 unspecified atom stereocenters. The van der Waals surface area contributed by atoms with Crippen molar-refractivity contribution < 1.29 is 13.9 Å². The number of allylic oxidation sites excluding steroid dienone is 2. The molecule has 5 heteroatoms. The van der Waals surface area contributed by atoms with E-state index in [1.165, 1.54) is 0 Å². The van der Waals surface area contributed by atoms with Crippen molar-refractivity contribution in [3.63, 3.8) is 0 Å². The van der Waals surface area contributed by atoms with Gasteiger partial charge in [0.15, 0.2) is 5.78 Å². The fourth-order valence-corrected chi connectivity index (χ4v) is 4.40. The molecule has 2 heterocycles. The molecule has 1 N–H and O–H groups in total. The first-order chi connectivity index (χ1) is 13.7. The van der Waals surface area contributed by atoms with Crippen LogP contribution in [0, 0.1) is 0 Å². The lowest BCUT2D eigenvalue weighted by Gasteiger charge is -2.34. The summed E-state index contributed by atoms with van der Waals surface area (Å²) in [7, 11) is 1.60. The minimum absolute atomic E-state index is 0.0721. The van der Waals surface area contributed by atoms with E-state index in [1.807, 2.05) is 42.5 Å². The summed E-state index contributed by atoms with van der Waals surface area (Å²) in [6, 6.07) is 15.0. The maximum absolute atomic E-state index is 13.1. The Balaban J connectivity index is 1.88. The Hall–Kier alpha value is -3.34. The fourth-order valence-electron chi connectivity index (χ4n) is 4.40. The van der Waals surface area contributed by atoms with Crippen LogP contribution in [0.15, 0.2) is 69.0 Å². The number of hydrogen-bond acceptors (Lipinski definition) is 5. The van der Waals surface area contributed by atoms with Gasteiger partial charge in [-0.3, -0.25) is 4.79 Å². The third kappa shape index (κ3) is 2.39. The van der Waals surface area contributed by atoms with E-state index in [1.54, 1.807) is 13.2 Å². The lowest BCUT2D eigenvalue weighted by atomic mass is 9.75. The van der Waals surface area contributed by atoms with Gasteiger partial charge >= 0.3 is 5.63 Å². The Labute approximate surface area is 161 Å². The number of Topliss-reactive ketones (excluding diaryl/α,β-unsaturated/α-hetero) is 1. The second-order valence-electron chi connectivity index (χ2n) is 7.14. The van der Waals surface area contributed by atoms with Gasteiger partial charge < -0.3 is 14.5 Å². The average molecular weight is 373 g/mol. The first-order valence-electron chi connectivity index (χ1n) is 9.41. The number of benzene rings is 2. The highest BCUT2D eigenvalue weighted by atomic mass is 16.5. The van der Waals surface area contributed by atoms with E-state index in [2.05, 4.69) is 5.32 Å². The van der Waals surface area contributed by atoms with Crippen LogP contribution in [0.25, 0.3) is 11.0 Å². The van der Waals surface area contributed by atoms with Crippen molar-refractivity contribution in [2.45, 2.75) is 25.2 Å². The predicted molar refractivity (Wildman–Crippen MR) is 107 cm³/mol. The summed E-state index contributed by atoms with van der Waals surface area (Å²) in [6.07, 6.45) is 2.07. The molecule has 5 rings (SSSR count). The molecule has 3 aromatic rings. The number of anilines is 1. The highest BCUT2D eigenvalue weighted by molar-refractivity contribution is 6.03. The number of carbonyl (C=O) groups excluding carboxylic acids is 1. The van der Waals surface area contributed by atoms with Gasteiger partial charge in [0.05, 0.1) is 24.3 Å². The number of methoxy groups -OCH3 is 1. The Morgan fingerprint density at radius 2 is 1.82 bits per heavy atom. The van der Waals surface area contributed by atoms with Gasteiger partial charge in [-0.2, -0.15) is 0 Å². The summed E-state index contributed by atoms with van der Waals surface area (Å²) in [5.74, 6) is 0.219. The first kappa shape index (κ1) is 16.8. The van der Waals surface area contributed by atoms with Gasteiger partial charge in [0, 0.05) is 28.6 Å². The van der Waals surface area contributed by atoms with Crippen LogP contribution >= 0.6 is 0 Å². The number of para-hydroxylation sites is 2. The summed E-state index contributed by atoms with van der Waals surface area (Å²) in [5, 5.41) is 4.24. The molecule has 28 heavy (non-hydrogen) atoms. The highest BCUT2D eigenvalue weighted by Crippen LogP contribution is 2.47. The number of hydrogen-bond donors (Lipinski definition) is 1. The number of rotatable bonds is 2. The summed E-state index contributed by atoms with van der Waals surface area (Å²) in [4.78, 5) is 26.0. The van der Waals surface area contributed by atoms with E-state index in [0.29, 0.717) is 28.9 Å². The molecular formula is C23H19NO4. The van der Waals surface area contributed by atoms with Gasteiger partial charge in [0.25, 0.3) is 0 Å². The van der Waals surface area contributed by atoms with Crippen LogP contribution in [0.2, 0.25) is 0 Å². The van der Waals surface area contributed by atoms with E-state index in [0.717, 1.165) is 35.2 Å². The van der Waals surface area contributed by atoms with E-state index < -0.39 is 11.5 Å². The molecule has 5 nitrogen and oxygen atoms in total. The fraction of sp³-hybridized carbons (Fsp3) is 0.217. The van der Waals surface area contributed by atoms with Crippen LogP contribution in [0.3, 0.4) is 0 Å². The summed E-state index contributed by atoms with van der Waals surface area (Å²) < 4.78 is 11.2. The second-order valence-corrected chi connectivity index (χ2v) is 7.14. The SMILES string of the molecule is COc1ccccc1C1C2=C(CCCC2=O)Nc2c1c(=O)oc1ccccc21. The molecule has 140 valence electrons. The number of carbonyl (C=O) groups is 1. The molecular weight excluding hydrogens is 354 g/mol. The molecule has 1 aromatic heterocycles. The largest absolute Gasteiger partial charge is 0.496 e. The minimum Gasteiger partial charge on any atom is -0.496 e. The van der Waals surface area contributed by atoms with Crippen molar-refractivity contribution >= 4 is 22.4 Å². The van der Waals surface area contributed by atoms with Gasteiger partial charge in [0.2, 0.25) is 0 Å². The lowest BCUT2D eigenvalue weighted by Crippen LogP contribution is -2.31. The Morgan fingerprint density at radius 1 is 1.04 bits per heavy atom. The van der Waals surface area contributed by atoms with Crippen molar-refractivity contribution in [2.75, 3.05) is 12.4 Å². The lowest BCUT2D eigenvalue weighted by molar-refractivity contribution is -0.116. The molecule has 1 aliphatic carbocycles. The minimum atomic E-state index is -0.504. The highest BCUT2D eigenvalue weighted by Gasteiger charge is 2.39. The van der Waals surface area contributed by atoms with Crippen LogP contribution in [0.1, 0.15) is 36.3 Å². The van der Waals surface area contributed by atoms with Crippen molar-refractivity contribution in [2.24, 2.45) is 0 Å². The third-order valence-corrected chi connectivity index (χ3v) is 5.61. The van der Waals surface area contributed by atoms with Gasteiger partial charge in [0.1, 0.15) is 11.3 Å². The van der Waals surface area contributed by atoms with E-state index >= 15 is 0 Å². The van der Waals surface area contributed by atoms with Crippen LogP contribution in [-0.2, 0) is 4.79 Å². The van der Waals surface area contributed by atoms with Crippen LogP contribution in [0.4, 0.5) is 5.69 Å². The summed E-state index contributed by atoms with van der Waals surface area (Å²) in [5.41, 5.74) is 3.67. The zero-order chi connectivity index (χ0) is 19.3. The summed E-state index contributed by atoms with van der Waals surface area (Å²) >= 11 is 0. The Kier molecular flexibility index (Phi) is 3.83. The molecule has 0 saturated carbocycles. The van der Waals surface area contributed by atoms with E-state index in [9.17, 15) is 9.59 Å². The van der Waals surface area contributed by atoms with Crippen LogP contribution < -0.4 is 15.7 Å². The normalized spacial score (nSPS) is 18.5. The number of nitrogens with one attached hydrogen (secondary N) is 1. The van der Waals surface area contributed by atoms with Crippen LogP contribution in [-0.4, -0.2) is 12.9 Å². The van der Waals surface area contributed by atoms with E-state index in [-0.39, 0.29) is 5.78 Å². The zero-order valence-corrected chi connectivity index (χ0v) is 15.5. The van der Waals surface area contributed by atoms with Gasteiger partial charge in [-0.25, -0.2) is 4.79 Å². The Morgan fingerprint density at radius 3 is 2.68 bits per heavy atom. The average Bonchev–Trinajstić information content (AvgIpc) is 2.72. The number of fused-ring (bicyclic) bond motifs is 3. The maximum atomic E-state index is 13.1. The van der Waals surface area contributed by atoms with Gasteiger partial charge in [-0.1, -0.05) is 30.3 Å². The predicted octanol–water partition coefficient (Wildman–Crippen LogP) is 4.37. The Bertz CT molecular complexity index is 1200. The molecule has 0 radical (unpaired) electrons. The quantitative estimate of drug-likeness (QED) is 0.676. The smallest absolute Gasteiger partial charge is 0.342 e. The molecule has 1 aliphatic heterocycles. The monoisotopic (exact) mass is 373 g/mol. The summed E-state index contributed by atoms with van der Waals surface area (Å²) in [6.45, 7) is 0. The van der Waals surface area contributed by atoms with Gasteiger partial charge in [-0.05, 0) is 31.0 Å². The van der Waals surface area contributed by atoms with Gasteiger partial charge in [-0.15, -0.1) is 0 Å². The van der Waals surface area contributed by atoms with Crippen molar-refractivity contribution in [3.05, 3.63) is 81.3 Å². The topological polar surface area (TPSA) is 68.5 Å². The molecule has 0 saturated heterocycles. The molecule has 1 atom stereocenters. The van der Waals surface area contributed by atoms with Crippen molar-refractivity contribution in [1.82, 2.24) is 0 Å². The maximum Gasteiger partial charge on any atom is 0.342 e. The molecule has 0 fully saturated rings. The molecule has 2 aliphatic rings.